The fraction of sp³-hybridized carbons (Fsp3) is 0.600. The molecule has 3 nitrogen and oxygen atoms in total. The van der Waals surface area contributed by atoms with Gasteiger partial charge in [-0.25, -0.2) is 0 Å². The Kier molecular flexibility index (Phi) is 5.54. The minimum Gasteiger partial charge on any atom is -0.428 e. The second kappa shape index (κ2) is 6.48. The number of oxime groups is 1. The van der Waals surface area contributed by atoms with Gasteiger partial charge in [0.15, 0.2) is 0 Å². The van der Waals surface area contributed by atoms with Crippen molar-refractivity contribution in [3.05, 3.63) is 11.8 Å². The first-order chi connectivity index (χ1) is 8.36. The molecule has 0 amide bonds. The van der Waals surface area contributed by atoms with Gasteiger partial charge in [-0.05, 0) is 13.0 Å². The van der Waals surface area contributed by atoms with Gasteiger partial charge in [0.25, 0.3) is 0 Å². The van der Waals surface area contributed by atoms with Crippen LogP contribution in [0.15, 0.2) is 17.0 Å². The minimum atomic E-state index is -4.46. The molecule has 0 spiro atoms. The summed E-state index contributed by atoms with van der Waals surface area (Å²) < 4.78 is 55.7. The van der Waals surface area contributed by atoms with Gasteiger partial charge < -0.3 is 9.57 Å². The molecular formula is C10H12F4INO2. The molecule has 0 saturated heterocycles. The summed E-state index contributed by atoms with van der Waals surface area (Å²) in [4.78, 5) is 4.58. The van der Waals surface area contributed by atoms with Crippen molar-refractivity contribution < 1.29 is 27.1 Å². The highest BCUT2D eigenvalue weighted by atomic mass is 127. The summed E-state index contributed by atoms with van der Waals surface area (Å²) in [7, 11) is 1.37. The summed E-state index contributed by atoms with van der Waals surface area (Å²) in [6.45, 7) is 1.68. The maximum Gasteiger partial charge on any atom is 0.461 e. The summed E-state index contributed by atoms with van der Waals surface area (Å²) >= 11 is -0.518. The summed E-state index contributed by atoms with van der Waals surface area (Å²) in [5.74, 6) is -0.402. The number of halogens is 5. The summed E-state index contributed by atoms with van der Waals surface area (Å²) in [5.41, 5.74) is 0.603. The van der Waals surface area contributed by atoms with E-state index in [0.717, 1.165) is 4.43 Å². The van der Waals surface area contributed by atoms with E-state index in [4.69, 9.17) is 0 Å². The van der Waals surface area contributed by atoms with Crippen LogP contribution in [-0.2, 0) is 9.57 Å². The molecule has 18 heavy (non-hydrogen) atoms. The highest BCUT2D eigenvalue weighted by molar-refractivity contribution is 14.2. The van der Waals surface area contributed by atoms with Crippen molar-refractivity contribution in [1.29, 1.82) is 0 Å². The molecule has 0 aromatic heterocycles. The van der Waals surface area contributed by atoms with Gasteiger partial charge in [0.2, 0.25) is 0 Å². The van der Waals surface area contributed by atoms with Crippen LogP contribution in [0.1, 0.15) is 6.92 Å². The largest absolute Gasteiger partial charge is 0.461 e. The van der Waals surface area contributed by atoms with Crippen molar-refractivity contribution in [3.63, 3.8) is 0 Å². The summed E-state index contributed by atoms with van der Waals surface area (Å²) in [6.07, 6.45) is -6.93. The fourth-order valence-corrected chi connectivity index (χ4v) is 3.66. The number of rotatable bonds is 5. The van der Waals surface area contributed by atoms with Crippen molar-refractivity contribution >= 4 is 30.5 Å². The van der Waals surface area contributed by atoms with E-state index in [2.05, 4.69) is 14.7 Å². The van der Waals surface area contributed by atoms with Crippen LogP contribution < -0.4 is 0 Å². The zero-order valence-corrected chi connectivity index (χ0v) is 11.8. The second-order valence-electron chi connectivity index (χ2n) is 3.47. The van der Waals surface area contributed by atoms with Gasteiger partial charge in [0, 0.05) is 14.4 Å². The van der Waals surface area contributed by atoms with E-state index in [9.17, 15) is 17.6 Å². The molecule has 8 heteroatoms. The smallest absolute Gasteiger partial charge is 0.428 e. The predicted molar refractivity (Wildman–Crippen MR) is 68.7 cm³/mol. The Morgan fingerprint density at radius 1 is 1.56 bits per heavy atom. The highest BCUT2D eigenvalue weighted by Crippen LogP contribution is 2.29. The standard InChI is InChI=1S/C10H12F4INO2/c1-6(16-17-2)7-3-8(5-15-4-7)18-10(13,14)9(11)12/h3,5,7,9H,4H2,1-2H3/b16-6-. The molecular weight excluding hydrogens is 369 g/mol. The molecule has 0 aromatic rings. The number of allylic oxidation sites excluding steroid dienone is 2. The number of hydrogen-bond acceptors (Lipinski definition) is 3. The molecule has 0 aromatic carbocycles. The Hall–Kier alpha value is -0.670. The van der Waals surface area contributed by atoms with Crippen LogP contribution in [0.25, 0.3) is 0 Å². The molecule has 0 aliphatic carbocycles. The molecule has 0 fully saturated rings. The molecule has 0 radical (unpaired) electrons. The zero-order chi connectivity index (χ0) is 13.8. The Labute approximate surface area is 112 Å². The number of ether oxygens (including phenoxy) is 1. The molecule has 1 rings (SSSR count). The van der Waals surface area contributed by atoms with E-state index in [1.807, 2.05) is 0 Å². The number of hydrogen-bond donors (Lipinski definition) is 0. The third kappa shape index (κ3) is 4.21. The Bertz CT molecular complexity index is 382. The molecule has 0 saturated carbocycles. The zero-order valence-electron chi connectivity index (χ0n) is 9.67. The number of alkyl halides is 5. The number of nitrogens with zero attached hydrogens (tertiary/aromatic N) is 1. The van der Waals surface area contributed by atoms with Gasteiger partial charge in [-0.2, -0.15) is 17.6 Å². The minimum absolute atomic E-state index is 0.199. The molecule has 1 aliphatic rings. The van der Waals surface area contributed by atoms with Crippen LogP contribution in [0.5, 0.6) is 0 Å². The van der Waals surface area contributed by atoms with Crippen molar-refractivity contribution in [2.24, 2.45) is 11.1 Å². The SMILES string of the molecule is CO/N=C(/C)C1C=C(OC(F)(F)C(F)F)C=IC1. The average molecular weight is 381 g/mol. The van der Waals surface area contributed by atoms with E-state index < -0.39 is 33.3 Å². The van der Waals surface area contributed by atoms with Crippen LogP contribution in [0.4, 0.5) is 17.6 Å². The maximum atomic E-state index is 12.7. The van der Waals surface area contributed by atoms with E-state index in [0.29, 0.717) is 5.71 Å². The van der Waals surface area contributed by atoms with E-state index >= 15 is 0 Å². The Morgan fingerprint density at radius 3 is 2.78 bits per heavy atom. The van der Waals surface area contributed by atoms with Gasteiger partial charge in [-0.15, -0.1) is 20.7 Å². The first-order valence-electron chi connectivity index (χ1n) is 4.92. The average Bonchev–Trinajstić information content (AvgIpc) is 2.29. The Morgan fingerprint density at radius 2 is 2.22 bits per heavy atom. The van der Waals surface area contributed by atoms with Crippen LogP contribution >= 0.6 is 20.7 Å². The molecule has 1 aliphatic heterocycles. The van der Waals surface area contributed by atoms with Crippen molar-refractivity contribution in [2.45, 2.75) is 19.5 Å². The van der Waals surface area contributed by atoms with E-state index in [-0.39, 0.29) is 11.7 Å². The molecule has 104 valence electrons. The van der Waals surface area contributed by atoms with E-state index in [1.165, 1.54) is 17.2 Å². The third-order valence-electron chi connectivity index (χ3n) is 2.09. The molecule has 0 N–H and O–H groups in total. The lowest BCUT2D eigenvalue weighted by Crippen LogP contribution is -2.30. The monoisotopic (exact) mass is 381 g/mol. The molecule has 1 heterocycles. The fourth-order valence-electron chi connectivity index (χ4n) is 1.20. The molecule has 0 bridgehead atoms. The molecule has 1 atom stereocenters. The van der Waals surface area contributed by atoms with Crippen molar-refractivity contribution in [3.8, 4) is 0 Å². The predicted octanol–water partition coefficient (Wildman–Crippen LogP) is 3.17. The van der Waals surface area contributed by atoms with Crippen LogP contribution in [0, 0.1) is 5.92 Å². The second-order valence-corrected chi connectivity index (χ2v) is 5.86. The highest BCUT2D eigenvalue weighted by Gasteiger charge is 2.44. The van der Waals surface area contributed by atoms with Crippen LogP contribution in [-0.4, -0.2) is 33.8 Å². The Balaban J connectivity index is 2.78. The lowest BCUT2D eigenvalue weighted by Gasteiger charge is -2.21. The van der Waals surface area contributed by atoms with Crippen LogP contribution in [0.2, 0.25) is 0 Å². The van der Waals surface area contributed by atoms with Gasteiger partial charge >= 0.3 is 12.5 Å². The normalized spacial score (nSPS) is 21.4. The molecule has 1 unspecified atom stereocenters. The summed E-state index contributed by atoms with van der Waals surface area (Å²) in [5, 5.41) is 3.70. The van der Waals surface area contributed by atoms with Crippen LogP contribution in [0.3, 0.4) is 0 Å². The van der Waals surface area contributed by atoms with Gasteiger partial charge in [0.05, 0.1) is 5.71 Å². The van der Waals surface area contributed by atoms with Crippen molar-refractivity contribution in [2.75, 3.05) is 11.5 Å². The van der Waals surface area contributed by atoms with E-state index in [1.54, 1.807) is 6.92 Å². The lowest BCUT2D eigenvalue weighted by atomic mass is 10.1. The van der Waals surface area contributed by atoms with Gasteiger partial charge in [0.1, 0.15) is 12.9 Å². The van der Waals surface area contributed by atoms with Crippen molar-refractivity contribution in [1.82, 2.24) is 0 Å². The summed E-state index contributed by atoms with van der Waals surface area (Å²) in [6, 6.07) is 0. The topological polar surface area (TPSA) is 30.8 Å². The third-order valence-corrected chi connectivity index (χ3v) is 4.60. The lowest BCUT2D eigenvalue weighted by molar-refractivity contribution is -0.278. The van der Waals surface area contributed by atoms with Gasteiger partial charge in [-0.3, -0.25) is 0 Å². The van der Waals surface area contributed by atoms with Gasteiger partial charge in [-0.1, -0.05) is 5.16 Å². The first-order valence-corrected chi connectivity index (χ1v) is 7.69. The maximum absolute atomic E-state index is 12.7. The quantitative estimate of drug-likeness (QED) is 0.241. The first kappa shape index (κ1) is 15.4.